The monoisotopic (exact) mass is 315 g/mol. The third-order valence-electron chi connectivity index (χ3n) is 4.10. The molecule has 0 bridgehead atoms. The van der Waals surface area contributed by atoms with Gasteiger partial charge in [-0.05, 0) is 24.4 Å². The van der Waals surface area contributed by atoms with Gasteiger partial charge in [0.2, 0.25) is 5.91 Å². The van der Waals surface area contributed by atoms with E-state index in [1.807, 2.05) is 28.5 Å². The molecule has 3 rings (SSSR count). The van der Waals surface area contributed by atoms with Gasteiger partial charge in [0, 0.05) is 24.9 Å². The topological polar surface area (TPSA) is 59.2 Å². The Morgan fingerprint density at radius 2 is 2.18 bits per heavy atom. The van der Waals surface area contributed by atoms with Crippen LogP contribution in [-0.2, 0) is 17.6 Å². The summed E-state index contributed by atoms with van der Waals surface area (Å²) in [5.41, 5.74) is 7.81. The zero-order valence-corrected chi connectivity index (χ0v) is 13.4. The summed E-state index contributed by atoms with van der Waals surface area (Å²) >= 11 is 1.63. The van der Waals surface area contributed by atoms with Crippen LogP contribution in [0.2, 0.25) is 0 Å². The molecule has 1 atom stereocenters. The smallest absolute Gasteiger partial charge is 0.228 e. The molecule has 1 fully saturated rings. The molecule has 2 N–H and O–H groups in total. The van der Waals surface area contributed by atoms with Crippen molar-refractivity contribution in [2.24, 2.45) is 11.7 Å². The summed E-state index contributed by atoms with van der Waals surface area (Å²) in [4.78, 5) is 18.8. The van der Waals surface area contributed by atoms with Gasteiger partial charge in [-0.1, -0.05) is 30.3 Å². The number of carbonyl (C=O) groups excluding carboxylic acids is 1. The number of thiazole rings is 1. The van der Waals surface area contributed by atoms with Gasteiger partial charge in [0.1, 0.15) is 0 Å². The molecular weight excluding hydrogens is 294 g/mol. The van der Waals surface area contributed by atoms with Crippen LogP contribution in [0.5, 0.6) is 0 Å². The van der Waals surface area contributed by atoms with Crippen LogP contribution in [0.15, 0.2) is 35.7 Å². The van der Waals surface area contributed by atoms with Gasteiger partial charge >= 0.3 is 0 Å². The van der Waals surface area contributed by atoms with E-state index in [1.165, 1.54) is 5.56 Å². The lowest BCUT2D eigenvalue weighted by Crippen LogP contribution is -2.31. The predicted octanol–water partition coefficient (Wildman–Crippen LogP) is 2.08. The summed E-state index contributed by atoms with van der Waals surface area (Å²) < 4.78 is 0. The lowest BCUT2D eigenvalue weighted by Gasteiger charge is -2.15. The highest BCUT2D eigenvalue weighted by atomic mass is 32.1. The number of carbonyl (C=O) groups is 1. The summed E-state index contributed by atoms with van der Waals surface area (Å²) in [6.07, 6.45) is 2.26. The van der Waals surface area contributed by atoms with Gasteiger partial charge in [0.05, 0.1) is 17.1 Å². The molecule has 1 aliphatic heterocycles. The van der Waals surface area contributed by atoms with E-state index in [-0.39, 0.29) is 5.91 Å². The minimum atomic E-state index is 0.174. The number of benzene rings is 1. The Kier molecular flexibility index (Phi) is 4.85. The Balaban J connectivity index is 1.56. The molecule has 1 unspecified atom stereocenters. The number of amides is 1. The minimum absolute atomic E-state index is 0.174. The number of aromatic nitrogens is 1. The fourth-order valence-corrected chi connectivity index (χ4v) is 3.63. The Labute approximate surface area is 135 Å². The van der Waals surface area contributed by atoms with Gasteiger partial charge in [0.25, 0.3) is 0 Å². The molecule has 1 aromatic carbocycles. The molecule has 1 aliphatic rings. The minimum Gasteiger partial charge on any atom is -0.342 e. The molecule has 116 valence electrons. The van der Waals surface area contributed by atoms with E-state index in [9.17, 15) is 4.79 Å². The van der Waals surface area contributed by atoms with Crippen LogP contribution in [0.25, 0.3) is 0 Å². The SMILES string of the molecule is NCC1CCN(C(=O)Cc2csc(Cc3ccccc3)n2)C1. The summed E-state index contributed by atoms with van der Waals surface area (Å²) in [5, 5.41) is 3.07. The molecule has 0 radical (unpaired) electrons. The van der Waals surface area contributed by atoms with Crippen molar-refractivity contribution in [2.45, 2.75) is 19.3 Å². The molecule has 1 amide bonds. The first-order valence-corrected chi connectivity index (χ1v) is 8.57. The van der Waals surface area contributed by atoms with Gasteiger partial charge in [-0.15, -0.1) is 11.3 Å². The first-order chi connectivity index (χ1) is 10.7. The number of rotatable bonds is 5. The summed E-state index contributed by atoms with van der Waals surface area (Å²) in [6.45, 7) is 2.31. The van der Waals surface area contributed by atoms with Crippen LogP contribution in [0, 0.1) is 5.92 Å². The maximum atomic E-state index is 12.3. The highest BCUT2D eigenvalue weighted by Gasteiger charge is 2.25. The predicted molar refractivity (Wildman–Crippen MR) is 88.8 cm³/mol. The first-order valence-electron chi connectivity index (χ1n) is 7.69. The van der Waals surface area contributed by atoms with Crippen molar-refractivity contribution in [1.29, 1.82) is 0 Å². The average molecular weight is 315 g/mol. The van der Waals surface area contributed by atoms with E-state index >= 15 is 0 Å². The Bertz CT molecular complexity index is 626. The molecule has 0 spiro atoms. The molecule has 5 heteroatoms. The fourth-order valence-electron chi connectivity index (χ4n) is 2.80. The quantitative estimate of drug-likeness (QED) is 0.919. The molecule has 22 heavy (non-hydrogen) atoms. The van der Waals surface area contributed by atoms with Crippen molar-refractivity contribution in [3.05, 3.63) is 52.0 Å². The zero-order valence-electron chi connectivity index (χ0n) is 12.6. The van der Waals surface area contributed by atoms with Crippen molar-refractivity contribution in [3.63, 3.8) is 0 Å². The number of nitrogens with two attached hydrogens (primary N) is 1. The van der Waals surface area contributed by atoms with Crippen molar-refractivity contribution >= 4 is 17.2 Å². The molecule has 0 saturated carbocycles. The molecule has 0 aliphatic carbocycles. The zero-order chi connectivity index (χ0) is 15.4. The number of hydrogen-bond acceptors (Lipinski definition) is 4. The molecule has 1 saturated heterocycles. The van der Waals surface area contributed by atoms with Crippen molar-refractivity contribution < 1.29 is 4.79 Å². The van der Waals surface area contributed by atoms with Crippen molar-refractivity contribution in [2.75, 3.05) is 19.6 Å². The molecular formula is C17H21N3OS. The summed E-state index contributed by atoms with van der Waals surface area (Å²) in [5.74, 6) is 0.639. The van der Waals surface area contributed by atoms with Crippen LogP contribution in [-0.4, -0.2) is 35.4 Å². The van der Waals surface area contributed by atoms with Crippen molar-refractivity contribution in [3.8, 4) is 0 Å². The standard InChI is InChI=1S/C17H21N3OS/c18-10-14-6-7-20(11-14)17(21)9-15-12-22-16(19-15)8-13-4-2-1-3-5-13/h1-5,12,14H,6-11,18H2. The maximum Gasteiger partial charge on any atom is 0.228 e. The Morgan fingerprint density at radius 1 is 1.36 bits per heavy atom. The largest absolute Gasteiger partial charge is 0.342 e. The number of likely N-dealkylation sites (tertiary alicyclic amines) is 1. The molecule has 2 heterocycles. The van der Waals surface area contributed by atoms with E-state index in [1.54, 1.807) is 11.3 Å². The average Bonchev–Trinajstić information content (AvgIpc) is 3.17. The van der Waals surface area contributed by atoms with E-state index in [2.05, 4.69) is 17.1 Å². The van der Waals surface area contributed by atoms with Crippen LogP contribution in [0.3, 0.4) is 0 Å². The lowest BCUT2D eigenvalue weighted by molar-refractivity contribution is -0.129. The van der Waals surface area contributed by atoms with Crippen LogP contribution < -0.4 is 5.73 Å². The van der Waals surface area contributed by atoms with Gasteiger partial charge in [-0.2, -0.15) is 0 Å². The Morgan fingerprint density at radius 3 is 2.91 bits per heavy atom. The highest BCUT2D eigenvalue weighted by Crippen LogP contribution is 2.18. The van der Waals surface area contributed by atoms with E-state index in [0.717, 1.165) is 36.6 Å². The van der Waals surface area contributed by atoms with Crippen LogP contribution in [0.1, 0.15) is 22.7 Å². The lowest BCUT2D eigenvalue weighted by atomic mass is 10.1. The van der Waals surface area contributed by atoms with Gasteiger partial charge in [-0.3, -0.25) is 4.79 Å². The first kappa shape index (κ1) is 15.2. The fraction of sp³-hybridized carbons (Fsp3) is 0.412. The van der Waals surface area contributed by atoms with Gasteiger partial charge in [-0.25, -0.2) is 4.98 Å². The summed E-state index contributed by atoms with van der Waals surface area (Å²) in [6, 6.07) is 10.3. The van der Waals surface area contributed by atoms with E-state index in [0.29, 0.717) is 18.9 Å². The van der Waals surface area contributed by atoms with E-state index < -0.39 is 0 Å². The maximum absolute atomic E-state index is 12.3. The second-order valence-electron chi connectivity index (χ2n) is 5.80. The van der Waals surface area contributed by atoms with Gasteiger partial charge < -0.3 is 10.6 Å². The highest BCUT2D eigenvalue weighted by molar-refractivity contribution is 7.09. The molecule has 2 aromatic rings. The molecule has 4 nitrogen and oxygen atoms in total. The van der Waals surface area contributed by atoms with Crippen LogP contribution >= 0.6 is 11.3 Å². The number of hydrogen-bond donors (Lipinski definition) is 1. The van der Waals surface area contributed by atoms with Crippen molar-refractivity contribution in [1.82, 2.24) is 9.88 Å². The van der Waals surface area contributed by atoms with Gasteiger partial charge in [0.15, 0.2) is 0 Å². The second-order valence-corrected chi connectivity index (χ2v) is 6.74. The normalized spacial score (nSPS) is 17.9. The summed E-state index contributed by atoms with van der Waals surface area (Å²) in [7, 11) is 0. The third-order valence-corrected chi connectivity index (χ3v) is 5.00. The van der Waals surface area contributed by atoms with Crippen LogP contribution in [0.4, 0.5) is 0 Å². The number of nitrogens with zero attached hydrogens (tertiary/aromatic N) is 2. The van der Waals surface area contributed by atoms with E-state index in [4.69, 9.17) is 5.73 Å². The molecule has 1 aromatic heterocycles. The second kappa shape index (κ2) is 7.03. The Hall–Kier alpha value is -1.72. The third kappa shape index (κ3) is 3.72.